The summed E-state index contributed by atoms with van der Waals surface area (Å²) in [5.41, 5.74) is 0.161. The van der Waals surface area contributed by atoms with Crippen LogP contribution >= 0.6 is 0 Å². The van der Waals surface area contributed by atoms with Crippen LogP contribution < -0.4 is 5.32 Å². The fraction of sp³-hybridized carbons (Fsp3) is 0.474. The number of nitrogens with one attached hydrogen (secondary N) is 1. The molecule has 2 fully saturated rings. The Hall–Kier alpha value is -2.30. The molecular formula is C19H24FN5O3S. The highest BCUT2D eigenvalue weighted by molar-refractivity contribution is 7.89. The SMILES string of the molecule is Cn1cnc(S(=O)(=O)N2CCC3(CN(Cc4cccc(F)c4)CCC(=O)N3)C2)c1. The lowest BCUT2D eigenvalue weighted by Gasteiger charge is -2.33. The van der Waals surface area contributed by atoms with E-state index in [1.807, 2.05) is 6.07 Å². The van der Waals surface area contributed by atoms with Gasteiger partial charge in [0, 0.05) is 52.4 Å². The molecule has 1 aromatic heterocycles. The topological polar surface area (TPSA) is 87.5 Å². The summed E-state index contributed by atoms with van der Waals surface area (Å²) in [6, 6.07) is 6.40. The smallest absolute Gasteiger partial charge is 0.262 e. The first-order valence-corrected chi connectivity index (χ1v) is 11.0. The fourth-order valence-corrected chi connectivity index (χ4v) is 5.61. The van der Waals surface area contributed by atoms with Crippen LogP contribution in [0, 0.1) is 5.82 Å². The van der Waals surface area contributed by atoms with Crippen LogP contribution in [0.1, 0.15) is 18.4 Å². The number of sulfonamides is 1. The maximum atomic E-state index is 13.5. The van der Waals surface area contributed by atoms with Crippen molar-refractivity contribution in [2.75, 3.05) is 26.2 Å². The molecular weight excluding hydrogens is 397 g/mol. The van der Waals surface area contributed by atoms with Gasteiger partial charge < -0.3 is 9.88 Å². The van der Waals surface area contributed by atoms with E-state index < -0.39 is 15.6 Å². The Labute approximate surface area is 169 Å². The molecule has 0 bridgehead atoms. The summed E-state index contributed by atoms with van der Waals surface area (Å²) in [5, 5.41) is 3.06. The molecule has 1 aromatic carbocycles. The summed E-state index contributed by atoms with van der Waals surface area (Å²) in [4.78, 5) is 18.4. The van der Waals surface area contributed by atoms with Gasteiger partial charge in [-0.05, 0) is 24.1 Å². The molecule has 1 N–H and O–H groups in total. The largest absolute Gasteiger partial charge is 0.348 e. The summed E-state index contributed by atoms with van der Waals surface area (Å²) >= 11 is 0. The molecule has 1 unspecified atom stereocenters. The van der Waals surface area contributed by atoms with Gasteiger partial charge in [-0.2, -0.15) is 4.31 Å². The highest BCUT2D eigenvalue weighted by Crippen LogP contribution is 2.29. The number of carbonyl (C=O) groups excluding carboxylic acids is 1. The number of benzene rings is 1. The molecule has 29 heavy (non-hydrogen) atoms. The van der Waals surface area contributed by atoms with Crippen LogP contribution in [0.25, 0.3) is 0 Å². The van der Waals surface area contributed by atoms with Gasteiger partial charge in [-0.15, -0.1) is 0 Å². The average molecular weight is 421 g/mol. The van der Waals surface area contributed by atoms with E-state index in [1.54, 1.807) is 17.7 Å². The summed E-state index contributed by atoms with van der Waals surface area (Å²) in [7, 11) is -2.01. The minimum Gasteiger partial charge on any atom is -0.348 e. The van der Waals surface area contributed by atoms with Gasteiger partial charge in [-0.25, -0.2) is 17.8 Å². The number of imidazole rings is 1. The molecule has 2 aliphatic rings. The van der Waals surface area contributed by atoms with E-state index in [0.29, 0.717) is 39.0 Å². The van der Waals surface area contributed by atoms with Crippen molar-refractivity contribution < 1.29 is 17.6 Å². The fourth-order valence-electron chi connectivity index (χ4n) is 4.12. The molecule has 8 nitrogen and oxygen atoms in total. The molecule has 0 aliphatic carbocycles. The zero-order valence-electron chi connectivity index (χ0n) is 16.2. The first-order valence-electron chi connectivity index (χ1n) is 9.52. The van der Waals surface area contributed by atoms with E-state index in [1.165, 1.54) is 29.0 Å². The zero-order chi connectivity index (χ0) is 20.6. The van der Waals surface area contributed by atoms with Crippen LogP contribution in [0.3, 0.4) is 0 Å². The number of amides is 1. The van der Waals surface area contributed by atoms with Crippen molar-refractivity contribution in [3.05, 3.63) is 48.2 Å². The molecule has 2 saturated heterocycles. The standard InChI is InChI=1S/C19H24FN5O3S/c1-23-11-18(21-14-23)29(27,28)25-8-6-19(13-25)12-24(7-5-17(26)22-19)10-15-3-2-4-16(20)9-15/h2-4,9,11,14H,5-8,10,12-13H2,1H3,(H,22,26). The van der Waals surface area contributed by atoms with Crippen molar-refractivity contribution >= 4 is 15.9 Å². The lowest BCUT2D eigenvalue weighted by atomic mass is 9.98. The first-order chi connectivity index (χ1) is 13.8. The highest BCUT2D eigenvalue weighted by atomic mass is 32.2. The van der Waals surface area contributed by atoms with Crippen LogP contribution in [0.4, 0.5) is 4.39 Å². The molecule has 0 radical (unpaired) electrons. The molecule has 2 aliphatic heterocycles. The van der Waals surface area contributed by atoms with Gasteiger partial charge in [0.25, 0.3) is 10.0 Å². The lowest BCUT2D eigenvalue weighted by molar-refractivity contribution is -0.122. The predicted octanol–water partition coefficient (Wildman–Crippen LogP) is 0.714. The Bertz CT molecular complexity index is 1020. The molecule has 0 saturated carbocycles. The van der Waals surface area contributed by atoms with E-state index in [2.05, 4.69) is 15.2 Å². The minimum atomic E-state index is -3.72. The van der Waals surface area contributed by atoms with Gasteiger partial charge in [-0.3, -0.25) is 9.69 Å². The molecule has 1 amide bonds. The molecule has 156 valence electrons. The van der Waals surface area contributed by atoms with Crippen molar-refractivity contribution in [1.29, 1.82) is 0 Å². The summed E-state index contributed by atoms with van der Waals surface area (Å²) < 4.78 is 42.4. The maximum Gasteiger partial charge on any atom is 0.262 e. The van der Waals surface area contributed by atoms with Crippen molar-refractivity contribution in [2.24, 2.45) is 7.05 Å². The monoisotopic (exact) mass is 421 g/mol. The van der Waals surface area contributed by atoms with Crippen molar-refractivity contribution in [3.8, 4) is 0 Å². The van der Waals surface area contributed by atoms with E-state index in [9.17, 15) is 17.6 Å². The van der Waals surface area contributed by atoms with E-state index in [4.69, 9.17) is 0 Å². The number of hydrogen-bond acceptors (Lipinski definition) is 5. The number of aryl methyl sites for hydroxylation is 1. The Morgan fingerprint density at radius 3 is 2.83 bits per heavy atom. The van der Waals surface area contributed by atoms with Crippen LogP contribution in [0.15, 0.2) is 41.8 Å². The van der Waals surface area contributed by atoms with E-state index in [-0.39, 0.29) is 23.3 Å². The second-order valence-corrected chi connectivity index (χ2v) is 9.77. The Morgan fingerprint density at radius 2 is 2.10 bits per heavy atom. The van der Waals surface area contributed by atoms with Gasteiger partial charge in [-0.1, -0.05) is 12.1 Å². The van der Waals surface area contributed by atoms with Crippen LogP contribution in [-0.4, -0.2) is 64.8 Å². The lowest BCUT2D eigenvalue weighted by Crippen LogP contribution is -2.55. The normalized spacial score (nSPS) is 24.0. The van der Waals surface area contributed by atoms with Gasteiger partial charge >= 0.3 is 0 Å². The number of hydrogen-bond donors (Lipinski definition) is 1. The quantitative estimate of drug-likeness (QED) is 0.786. The van der Waals surface area contributed by atoms with Crippen LogP contribution in [0.5, 0.6) is 0 Å². The molecule has 3 heterocycles. The Balaban J connectivity index is 1.53. The number of halogens is 1. The van der Waals surface area contributed by atoms with E-state index >= 15 is 0 Å². The Morgan fingerprint density at radius 1 is 1.28 bits per heavy atom. The number of aromatic nitrogens is 2. The van der Waals surface area contributed by atoms with Gasteiger partial charge in [0.15, 0.2) is 5.03 Å². The third-order valence-electron chi connectivity index (χ3n) is 5.49. The minimum absolute atomic E-state index is 0.00798. The molecule has 2 aromatic rings. The highest BCUT2D eigenvalue weighted by Gasteiger charge is 2.46. The summed E-state index contributed by atoms with van der Waals surface area (Å²) in [6.07, 6.45) is 3.77. The third kappa shape index (κ3) is 4.19. The van der Waals surface area contributed by atoms with Gasteiger partial charge in [0.05, 0.1) is 11.9 Å². The van der Waals surface area contributed by atoms with Crippen LogP contribution in [0.2, 0.25) is 0 Å². The first kappa shape index (κ1) is 20.0. The number of rotatable bonds is 4. The maximum absolute atomic E-state index is 13.5. The van der Waals surface area contributed by atoms with Crippen molar-refractivity contribution in [3.63, 3.8) is 0 Å². The summed E-state index contributed by atoms with van der Waals surface area (Å²) in [5.74, 6) is -0.390. The van der Waals surface area contributed by atoms with Gasteiger partial charge in [0.1, 0.15) is 5.82 Å². The summed E-state index contributed by atoms with van der Waals surface area (Å²) in [6.45, 7) is 2.05. The Kier molecular flexibility index (Phi) is 5.18. The molecule has 1 spiro atoms. The average Bonchev–Trinajstić information content (AvgIpc) is 3.23. The third-order valence-corrected chi connectivity index (χ3v) is 7.22. The predicted molar refractivity (Wildman–Crippen MR) is 104 cm³/mol. The van der Waals surface area contributed by atoms with Gasteiger partial charge in [0.2, 0.25) is 5.91 Å². The second-order valence-electron chi connectivity index (χ2n) is 7.89. The van der Waals surface area contributed by atoms with Crippen molar-refractivity contribution in [2.45, 2.75) is 30.0 Å². The molecule has 4 rings (SSSR count). The number of nitrogens with zero attached hydrogens (tertiary/aromatic N) is 4. The molecule has 10 heteroatoms. The van der Waals surface area contributed by atoms with Crippen molar-refractivity contribution in [1.82, 2.24) is 24.1 Å². The van der Waals surface area contributed by atoms with Crippen LogP contribution in [-0.2, 0) is 28.4 Å². The second kappa shape index (κ2) is 7.51. The zero-order valence-corrected chi connectivity index (χ0v) is 17.0. The van der Waals surface area contributed by atoms with E-state index in [0.717, 1.165) is 5.56 Å². The number of carbonyl (C=O) groups is 1. The molecule has 1 atom stereocenters.